The van der Waals surface area contributed by atoms with Crippen molar-refractivity contribution in [3.05, 3.63) is 12.3 Å². The molecule has 46 valence electrons. The molecule has 0 aromatic heterocycles. The van der Waals surface area contributed by atoms with E-state index in [-0.39, 0.29) is 5.90 Å². The summed E-state index contributed by atoms with van der Waals surface area (Å²) >= 11 is 0. The van der Waals surface area contributed by atoms with Crippen LogP contribution >= 0.6 is 0 Å². The molecule has 0 saturated heterocycles. The van der Waals surface area contributed by atoms with Crippen LogP contribution in [0.3, 0.4) is 0 Å². The Morgan fingerprint density at radius 3 is 2.88 bits per heavy atom. The van der Waals surface area contributed by atoms with Gasteiger partial charge < -0.3 is 10.5 Å². The monoisotopic (exact) mass is 114 g/mol. The molecule has 0 radical (unpaired) electrons. The Balaban J connectivity index is 3.33. The van der Waals surface area contributed by atoms with Crippen molar-refractivity contribution >= 4 is 5.90 Å². The van der Waals surface area contributed by atoms with Crippen LogP contribution in [0, 0.1) is 5.41 Å². The molecule has 0 aliphatic rings. The van der Waals surface area contributed by atoms with Crippen molar-refractivity contribution < 1.29 is 4.74 Å². The standard InChI is InChI=1S/C5H10N2O/c1-2-8-5(7)3-4-6/h3-4,7H,2,6H2,1H3/b4-3-,7-5?. The lowest BCUT2D eigenvalue weighted by molar-refractivity contribution is 0.327. The van der Waals surface area contributed by atoms with Crippen LogP contribution in [-0.2, 0) is 4.74 Å². The summed E-state index contributed by atoms with van der Waals surface area (Å²) in [6.45, 7) is 2.34. The number of nitrogens with one attached hydrogen (secondary N) is 1. The Labute approximate surface area is 48.6 Å². The van der Waals surface area contributed by atoms with E-state index in [2.05, 4.69) is 0 Å². The average molecular weight is 114 g/mol. The molecule has 0 atom stereocenters. The molecule has 0 aromatic rings. The van der Waals surface area contributed by atoms with Gasteiger partial charge in [-0.2, -0.15) is 0 Å². The Morgan fingerprint density at radius 2 is 2.50 bits per heavy atom. The molecular formula is C5H10N2O. The summed E-state index contributed by atoms with van der Waals surface area (Å²) in [5.41, 5.74) is 4.96. The zero-order valence-corrected chi connectivity index (χ0v) is 4.85. The van der Waals surface area contributed by atoms with Crippen molar-refractivity contribution in [2.24, 2.45) is 5.73 Å². The smallest absolute Gasteiger partial charge is 0.207 e. The molecule has 3 heteroatoms. The quantitative estimate of drug-likeness (QED) is 0.405. The highest BCUT2D eigenvalue weighted by Gasteiger charge is 1.83. The maximum absolute atomic E-state index is 6.90. The number of ether oxygens (including phenoxy) is 1. The minimum absolute atomic E-state index is 0.106. The fraction of sp³-hybridized carbons (Fsp3) is 0.400. The molecule has 0 aliphatic carbocycles. The predicted octanol–water partition coefficient (Wildman–Crippen LogP) is 0.473. The predicted molar refractivity (Wildman–Crippen MR) is 32.7 cm³/mol. The fourth-order valence-electron chi connectivity index (χ4n) is 0.291. The van der Waals surface area contributed by atoms with E-state index in [1.807, 2.05) is 6.92 Å². The van der Waals surface area contributed by atoms with Crippen LogP contribution < -0.4 is 5.73 Å². The Kier molecular flexibility index (Phi) is 3.66. The third-order valence-electron chi connectivity index (χ3n) is 0.547. The summed E-state index contributed by atoms with van der Waals surface area (Å²) in [6, 6.07) is 0. The van der Waals surface area contributed by atoms with Gasteiger partial charge in [0.2, 0.25) is 5.90 Å². The van der Waals surface area contributed by atoms with E-state index in [0.29, 0.717) is 6.61 Å². The second-order valence-corrected chi connectivity index (χ2v) is 1.16. The van der Waals surface area contributed by atoms with Crippen molar-refractivity contribution in [2.45, 2.75) is 6.92 Å². The van der Waals surface area contributed by atoms with Gasteiger partial charge in [-0.15, -0.1) is 0 Å². The van der Waals surface area contributed by atoms with Gasteiger partial charge in [-0.05, 0) is 13.1 Å². The second kappa shape index (κ2) is 4.18. The minimum Gasteiger partial charge on any atom is -0.478 e. The Morgan fingerprint density at radius 1 is 1.88 bits per heavy atom. The molecule has 8 heavy (non-hydrogen) atoms. The van der Waals surface area contributed by atoms with Crippen LogP contribution in [0.1, 0.15) is 6.92 Å². The topological polar surface area (TPSA) is 59.1 Å². The van der Waals surface area contributed by atoms with Crippen LogP contribution in [0.2, 0.25) is 0 Å². The largest absolute Gasteiger partial charge is 0.478 e. The van der Waals surface area contributed by atoms with Gasteiger partial charge in [0.1, 0.15) is 0 Å². The van der Waals surface area contributed by atoms with Crippen molar-refractivity contribution in [1.82, 2.24) is 0 Å². The third-order valence-corrected chi connectivity index (χ3v) is 0.547. The molecule has 3 N–H and O–H groups in total. The molecule has 0 bridgehead atoms. The summed E-state index contributed by atoms with van der Waals surface area (Å²) < 4.78 is 4.70. The molecule has 0 rings (SSSR count). The Bertz CT molecular complexity index is 98.6. The number of hydrogen-bond acceptors (Lipinski definition) is 3. The maximum Gasteiger partial charge on any atom is 0.207 e. The molecule has 0 amide bonds. The fourth-order valence-corrected chi connectivity index (χ4v) is 0.291. The first-order valence-corrected chi connectivity index (χ1v) is 2.41. The van der Waals surface area contributed by atoms with Gasteiger partial charge in [0.05, 0.1) is 6.61 Å². The zero-order chi connectivity index (χ0) is 6.41. The van der Waals surface area contributed by atoms with Gasteiger partial charge >= 0.3 is 0 Å². The zero-order valence-electron chi connectivity index (χ0n) is 4.85. The molecule has 0 fully saturated rings. The van der Waals surface area contributed by atoms with Gasteiger partial charge in [0.25, 0.3) is 0 Å². The molecule has 0 spiro atoms. The third kappa shape index (κ3) is 3.21. The van der Waals surface area contributed by atoms with Gasteiger partial charge in [-0.25, -0.2) is 0 Å². The first-order chi connectivity index (χ1) is 3.81. The summed E-state index contributed by atoms with van der Waals surface area (Å²) in [5, 5.41) is 6.90. The molecule has 0 aromatic carbocycles. The lowest BCUT2D eigenvalue weighted by Crippen LogP contribution is -1.98. The SMILES string of the molecule is CCOC(=N)/C=C\N. The van der Waals surface area contributed by atoms with Gasteiger partial charge in [-0.3, -0.25) is 5.41 Å². The van der Waals surface area contributed by atoms with Crippen LogP contribution in [0.4, 0.5) is 0 Å². The first kappa shape index (κ1) is 7.01. The normalized spacial score (nSPS) is 9.62. The van der Waals surface area contributed by atoms with E-state index in [4.69, 9.17) is 15.9 Å². The van der Waals surface area contributed by atoms with Crippen LogP contribution in [0.25, 0.3) is 0 Å². The number of hydrogen-bond donors (Lipinski definition) is 2. The molecule has 0 aliphatic heterocycles. The molecule has 3 nitrogen and oxygen atoms in total. The number of rotatable bonds is 2. The highest BCUT2D eigenvalue weighted by Crippen LogP contribution is 1.77. The first-order valence-electron chi connectivity index (χ1n) is 2.41. The van der Waals surface area contributed by atoms with E-state index < -0.39 is 0 Å². The maximum atomic E-state index is 6.90. The average Bonchev–Trinajstić information content (AvgIpc) is 1.68. The molecular weight excluding hydrogens is 104 g/mol. The lowest BCUT2D eigenvalue weighted by Gasteiger charge is -1.95. The molecule has 0 unspecified atom stereocenters. The number of nitrogens with two attached hydrogens (primary N) is 1. The molecule has 0 heterocycles. The van der Waals surface area contributed by atoms with Gasteiger partial charge in [-0.1, -0.05) is 0 Å². The van der Waals surface area contributed by atoms with Crippen LogP contribution in [0.15, 0.2) is 12.3 Å². The summed E-state index contributed by atoms with van der Waals surface area (Å²) in [6.07, 6.45) is 2.67. The highest BCUT2D eigenvalue weighted by molar-refractivity contribution is 5.84. The van der Waals surface area contributed by atoms with Crippen molar-refractivity contribution in [3.8, 4) is 0 Å². The van der Waals surface area contributed by atoms with Gasteiger partial charge in [0, 0.05) is 6.08 Å². The summed E-state index contributed by atoms with van der Waals surface area (Å²) in [5.74, 6) is 0.106. The van der Waals surface area contributed by atoms with Crippen molar-refractivity contribution in [1.29, 1.82) is 5.41 Å². The van der Waals surface area contributed by atoms with Crippen LogP contribution in [-0.4, -0.2) is 12.5 Å². The van der Waals surface area contributed by atoms with Crippen molar-refractivity contribution in [2.75, 3.05) is 6.61 Å². The van der Waals surface area contributed by atoms with Crippen LogP contribution in [0.5, 0.6) is 0 Å². The van der Waals surface area contributed by atoms with E-state index in [1.54, 1.807) is 0 Å². The van der Waals surface area contributed by atoms with Crippen molar-refractivity contribution in [3.63, 3.8) is 0 Å². The van der Waals surface area contributed by atoms with Gasteiger partial charge in [0.15, 0.2) is 0 Å². The highest BCUT2D eigenvalue weighted by atomic mass is 16.5. The van der Waals surface area contributed by atoms with E-state index in [0.717, 1.165) is 0 Å². The summed E-state index contributed by atoms with van der Waals surface area (Å²) in [7, 11) is 0. The van der Waals surface area contributed by atoms with E-state index in [1.165, 1.54) is 12.3 Å². The minimum atomic E-state index is 0.106. The summed E-state index contributed by atoms with van der Waals surface area (Å²) in [4.78, 5) is 0. The second-order valence-electron chi connectivity index (χ2n) is 1.16. The van der Waals surface area contributed by atoms with E-state index in [9.17, 15) is 0 Å². The lowest BCUT2D eigenvalue weighted by atomic mass is 10.6. The van der Waals surface area contributed by atoms with E-state index >= 15 is 0 Å². The Hall–Kier alpha value is -0.990. The molecule has 0 saturated carbocycles.